The van der Waals surface area contributed by atoms with Crippen molar-refractivity contribution in [2.75, 3.05) is 12.4 Å². The summed E-state index contributed by atoms with van der Waals surface area (Å²) in [6, 6.07) is 15.3. The molecule has 0 radical (unpaired) electrons. The van der Waals surface area contributed by atoms with Gasteiger partial charge in [0.2, 0.25) is 0 Å². The number of para-hydroxylation sites is 2. The zero-order valence-corrected chi connectivity index (χ0v) is 15.9. The van der Waals surface area contributed by atoms with Crippen molar-refractivity contribution in [2.45, 2.75) is 20.5 Å². The third-order valence-electron chi connectivity index (χ3n) is 3.96. The smallest absolute Gasteiger partial charge is 0.265 e. The summed E-state index contributed by atoms with van der Waals surface area (Å²) in [7, 11) is 1.58. The minimum Gasteiger partial charge on any atom is -0.495 e. The van der Waals surface area contributed by atoms with Crippen LogP contribution in [0.2, 0.25) is 0 Å². The van der Waals surface area contributed by atoms with Crippen LogP contribution in [0.25, 0.3) is 0 Å². The van der Waals surface area contributed by atoms with Crippen molar-refractivity contribution in [3.8, 4) is 11.5 Å². The Morgan fingerprint density at radius 2 is 1.88 bits per heavy atom. The van der Waals surface area contributed by atoms with Crippen LogP contribution in [0.3, 0.4) is 0 Å². The molecule has 0 saturated heterocycles. The number of carbonyl (C=O) groups is 1. The van der Waals surface area contributed by atoms with E-state index < -0.39 is 0 Å². The summed E-state index contributed by atoms with van der Waals surface area (Å²) in [6.07, 6.45) is 0. The van der Waals surface area contributed by atoms with E-state index >= 15 is 0 Å². The van der Waals surface area contributed by atoms with Crippen molar-refractivity contribution in [3.63, 3.8) is 0 Å². The van der Waals surface area contributed by atoms with Gasteiger partial charge < -0.3 is 14.8 Å². The van der Waals surface area contributed by atoms with Crippen molar-refractivity contribution < 1.29 is 14.3 Å². The fraction of sp³-hybridized carbons (Fsp3) is 0.190. The lowest BCUT2D eigenvalue weighted by molar-refractivity contribution is 0.103. The van der Waals surface area contributed by atoms with E-state index in [0.29, 0.717) is 22.9 Å². The van der Waals surface area contributed by atoms with Crippen molar-refractivity contribution in [2.24, 2.45) is 0 Å². The second kappa shape index (κ2) is 8.06. The topological polar surface area (TPSA) is 47.6 Å². The Morgan fingerprint density at radius 3 is 2.65 bits per heavy atom. The van der Waals surface area contributed by atoms with Gasteiger partial charge in [-0.2, -0.15) is 0 Å². The number of rotatable bonds is 6. The summed E-state index contributed by atoms with van der Waals surface area (Å²) >= 11 is 1.40. The van der Waals surface area contributed by atoms with E-state index in [2.05, 4.69) is 18.3 Å². The standard InChI is InChI=1S/C21H21NO3S/c1-14-8-9-18(15(2)10-14)25-12-16-11-20(26-13-16)21(23)22-17-6-4-5-7-19(17)24-3/h4-11,13H,12H2,1-3H3,(H,22,23). The first-order chi connectivity index (χ1) is 12.6. The van der Waals surface area contributed by atoms with Gasteiger partial charge >= 0.3 is 0 Å². The van der Waals surface area contributed by atoms with Crippen LogP contribution in [0, 0.1) is 13.8 Å². The van der Waals surface area contributed by atoms with E-state index in [1.54, 1.807) is 7.11 Å². The molecule has 3 aromatic rings. The molecule has 0 spiro atoms. The summed E-state index contributed by atoms with van der Waals surface area (Å²) in [5, 5.41) is 4.83. The van der Waals surface area contributed by atoms with Crippen LogP contribution in [0.15, 0.2) is 53.9 Å². The van der Waals surface area contributed by atoms with Crippen LogP contribution in [0.4, 0.5) is 5.69 Å². The fourth-order valence-electron chi connectivity index (χ4n) is 2.62. The molecule has 2 aromatic carbocycles. The monoisotopic (exact) mass is 367 g/mol. The molecule has 1 N–H and O–H groups in total. The molecule has 1 aromatic heterocycles. The molecule has 134 valence electrons. The Morgan fingerprint density at radius 1 is 1.08 bits per heavy atom. The van der Waals surface area contributed by atoms with Crippen molar-refractivity contribution in [3.05, 3.63) is 75.5 Å². The van der Waals surface area contributed by atoms with Crippen molar-refractivity contribution in [1.82, 2.24) is 0 Å². The molecule has 3 rings (SSSR count). The maximum atomic E-state index is 12.5. The summed E-state index contributed by atoms with van der Waals surface area (Å²) in [5.74, 6) is 1.34. The molecule has 0 aliphatic carbocycles. The number of anilines is 1. The Bertz CT molecular complexity index is 917. The van der Waals surface area contributed by atoms with E-state index in [9.17, 15) is 4.79 Å². The van der Waals surface area contributed by atoms with Crippen LogP contribution < -0.4 is 14.8 Å². The highest BCUT2D eigenvalue weighted by atomic mass is 32.1. The molecule has 5 heteroatoms. The molecule has 4 nitrogen and oxygen atoms in total. The number of benzene rings is 2. The normalized spacial score (nSPS) is 10.4. The molecule has 0 atom stereocenters. The van der Waals surface area contributed by atoms with Crippen LogP contribution in [-0.4, -0.2) is 13.0 Å². The number of carbonyl (C=O) groups excluding carboxylic acids is 1. The van der Waals surface area contributed by atoms with E-state index in [4.69, 9.17) is 9.47 Å². The van der Waals surface area contributed by atoms with Gasteiger partial charge in [0.1, 0.15) is 18.1 Å². The molecular weight excluding hydrogens is 346 g/mol. The Kier molecular flexibility index (Phi) is 5.58. The highest BCUT2D eigenvalue weighted by molar-refractivity contribution is 7.12. The average Bonchev–Trinajstić information content (AvgIpc) is 3.10. The number of hydrogen-bond acceptors (Lipinski definition) is 4. The lowest BCUT2D eigenvalue weighted by atomic mass is 10.1. The molecule has 0 fully saturated rings. The first-order valence-corrected chi connectivity index (χ1v) is 9.16. The van der Waals surface area contributed by atoms with E-state index in [1.165, 1.54) is 16.9 Å². The molecule has 1 amide bonds. The van der Waals surface area contributed by atoms with Gasteiger partial charge in [-0.25, -0.2) is 0 Å². The lowest BCUT2D eigenvalue weighted by Gasteiger charge is -2.09. The lowest BCUT2D eigenvalue weighted by Crippen LogP contribution is -2.11. The number of nitrogens with one attached hydrogen (secondary N) is 1. The summed E-state index contributed by atoms with van der Waals surface area (Å²) < 4.78 is 11.1. The molecule has 0 unspecified atom stereocenters. The summed E-state index contributed by atoms with van der Waals surface area (Å²) in [5.41, 5.74) is 3.94. The third kappa shape index (κ3) is 4.24. The first-order valence-electron chi connectivity index (χ1n) is 8.28. The molecule has 0 bridgehead atoms. The minimum atomic E-state index is -0.155. The summed E-state index contributed by atoms with van der Waals surface area (Å²) in [6.45, 7) is 4.52. The van der Waals surface area contributed by atoms with Crippen LogP contribution in [-0.2, 0) is 6.61 Å². The predicted octanol–water partition coefficient (Wildman–Crippen LogP) is 5.20. The van der Waals surface area contributed by atoms with Gasteiger partial charge in [0.25, 0.3) is 5.91 Å². The quantitative estimate of drug-likeness (QED) is 0.651. The van der Waals surface area contributed by atoms with E-state index in [0.717, 1.165) is 16.9 Å². The number of amides is 1. The van der Waals surface area contributed by atoms with Gasteiger partial charge in [-0.1, -0.05) is 29.8 Å². The average molecular weight is 367 g/mol. The Labute approximate surface area is 157 Å². The van der Waals surface area contributed by atoms with Gasteiger partial charge in [-0.05, 0) is 49.1 Å². The van der Waals surface area contributed by atoms with E-state index in [-0.39, 0.29) is 5.91 Å². The zero-order valence-electron chi connectivity index (χ0n) is 15.0. The second-order valence-corrected chi connectivity index (χ2v) is 6.94. The number of thiophene rings is 1. The summed E-state index contributed by atoms with van der Waals surface area (Å²) in [4.78, 5) is 13.1. The molecule has 0 saturated carbocycles. The molecule has 0 aliphatic heterocycles. The fourth-order valence-corrected chi connectivity index (χ4v) is 3.42. The molecular formula is C21H21NO3S. The molecule has 1 heterocycles. The second-order valence-electron chi connectivity index (χ2n) is 6.03. The van der Waals surface area contributed by atoms with Crippen LogP contribution in [0.5, 0.6) is 11.5 Å². The van der Waals surface area contributed by atoms with Crippen LogP contribution >= 0.6 is 11.3 Å². The predicted molar refractivity (Wildman–Crippen MR) is 106 cm³/mol. The maximum absolute atomic E-state index is 12.5. The molecule has 0 aliphatic rings. The van der Waals surface area contributed by atoms with Gasteiger partial charge in [0.05, 0.1) is 17.7 Å². The number of ether oxygens (including phenoxy) is 2. The molecule has 26 heavy (non-hydrogen) atoms. The minimum absolute atomic E-state index is 0.155. The number of aryl methyl sites for hydroxylation is 2. The maximum Gasteiger partial charge on any atom is 0.265 e. The van der Waals surface area contributed by atoms with Gasteiger partial charge in [-0.15, -0.1) is 11.3 Å². The largest absolute Gasteiger partial charge is 0.495 e. The zero-order chi connectivity index (χ0) is 18.5. The Hall–Kier alpha value is -2.79. The Balaban J connectivity index is 1.64. The highest BCUT2D eigenvalue weighted by Crippen LogP contribution is 2.25. The van der Waals surface area contributed by atoms with Crippen LogP contribution in [0.1, 0.15) is 26.4 Å². The van der Waals surface area contributed by atoms with Gasteiger partial charge in [-0.3, -0.25) is 4.79 Å². The van der Waals surface area contributed by atoms with E-state index in [1.807, 2.05) is 54.8 Å². The number of methoxy groups -OCH3 is 1. The van der Waals surface area contributed by atoms with Crippen molar-refractivity contribution in [1.29, 1.82) is 0 Å². The SMILES string of the molecule is COc1ccccc1NC(=O)c1cc(COc2ccc(C)cc2C)cs1. The van der Waals surface area contributed by atoms with Gasteiger partial charge in [0.15, 0.2) is 0 Å². The van der Waals surface area contributed by atoms with Crippen molar-refractivity contribution >= 4 is 22.9 Å². The number of hydrogen-bond donors (Lipinski definition) is 1. The first kappa shape index (κ1) is 18.0. The highest BCUT2D eigenvalue weighted by Gasteiger charge is 2.12. The van der Waals surface area contributed by atoms with Gasteiger partial charge in [0, 0.05) is 5.56 Å². The third-order valence-corrected chi connectivity index (χ3v) is 4.94.